The maximum absolute atomic E-state index is 4.33. The van der Waals surface area contributed by atoms with E-state index in [0.29, 0.717) is 5.41 Å². The average Bonchev–Trinajstić information content (AvgIpc) is 2.40. The number of aromatic nitrogens is 1. The van der Waals surface area contributed by atoms with E-state index in [1.165, 1.54) is 38.0 Å². The molecule has 2 heterocycles. The Morgan fingerprint density at radius 2 is 2.06 bits per heavy atom. The number of piperidine rings is 1. The number of hydrogen-bond acceptors (Lipinski definition) is 3. The van der Waals surface area contributed by atoms with Gasteiger partial charge in [0.05, 0.1) is 0 Å². The zero-order valence-electron chi connectivity index (χ0n) is 11.9. The molecule has 0 saturated carbocycles. The fourth-order valence-electron chi connectivity index (χ4n) is 2.55. The summed E-state index contributed by atoms with van der Waals surface area (Å²) in [5.41, 5.74) is 1.85. The third-order valence-electron chi connectivity index (χ3n) is 4.29. The predicted molar refractivity (Wildman–Crippen MR) is 78.2 cm³/mol. The molecule has 3 nitrogen and oxygen atoms in total. The Kier molecular flexibility index (Phi) is 4.10. The molecule has 100 valence electrons. The quantitative estimate of drug-likeness (QED) is 0.882. The van der Waals surface area contributed by atoms with E-state index in [1.807, 2.05) is 6.20 Å². The van der Waals surface area contributed by atoms with Crippen molar-refractivity contribution in [2.75, 3.05) is 29.9 Å². The standard InChI is InChI=1S/C15H25N3/c1-4-15(3)7-10-18(11-8-15)13-6-9-17-14(12-13)16-5-2/h6,9,12H,4-5,7-8,10-11H2,1-3H3,(H,16,17). The van der Waals surface area contributed by atoms with Crippen LogP contribution in [0.3, 0.4) is 0 Å². The van der Waals surface area contributed by atoms with Crippen molar-refractivity contribution >= 4 is 11.5 Å². The molecule has 1 saturated heterocycles. The molecule has 3 heteroatoms. The lowest BCUT2D eigenvalue weighted by Gasteiger charge is -2.40. The van der Waals surface area contributed by atoms with Gasteiger partial charge in [-0.05, 0) is 31.2 Å². The Balaban J connectivity index is 2.03. The largest absolute Gasteiger partial charge is 0.371 e. The Hall–Kier alpha value is -1.25. The van der Waals surface area contributed by atoms with Crippen LogP contribution in [0.4, 0.5) is 11.5 Å². The average molecular weight is 247 g/mol. The van der Waals surface area contributed by atoms with Crippen LogP contribution in [0, 0.1) is 5.41 Å². The van der Waals surface area contributed by atoms with Crippen LogP contribution in [-0.4, -0.2) is 24.6 Å². The van der Waals surface area contributed by atoms with Crippen LogP contribution < -0.4 is 10.2 Å². The Morgan fingerprint density at radius 3 is 2.67 bits per heavy atom. The molecule has 0 amide bonds. The van der Waals surface area contributed by atoms with Gasteiger partial charge in [-0.3, -0.25) is 0 Å². The summed E-state index contributed by atoms with van der Waals surface area (Å²) in [6, 6.07) is 4.29. The van der Waals surface area contributed by atoms with Gasteiger partial charge in [-0.15, -0.1) is 0 Å². The van der Waals surface area contributed by atoms with Gasteiger partial charge in [0.2, 0.25) is 0 Å². The molecule has 1 fully saturated rings. The van der Waals surface area contributed by atoms with E-state index in [9.17, 15) is 0 Å². The highest BCUT2D eigenvalue weighted by atomic mass is 15.1. The van der Waals surface area contributed by atoms with Gasteiger partial charge < -0.3 is 10.2 Å². The molecule has 0 unspecified atom stereocenters. The number of nitrogens with one attached hydrogen (secondary N) is 1. The van der Waals surface area contributed by atoms with Crippen LogP contribution in [0.25, 0.3) is 0 Å². The minimum absolute atomic E-state index is 0.550. The molecule has 1 N–H and O–H groups in total. The van der Waals surface area contributed by atoms with E-state index in [1.54, 1.807) is 0 Å². The fraction of sp³-hybridized carbons (Fsp3) is 0.667. The summed E-state index contributed by atoms with van der Waals surface area (Å²) in [5, 5.41) is 3.28. The van der Waals surface area contributed by atoms with E-state index >= 15 is 0 Å². The zero-order valence-corrected chi connectivity index (χ0v) is 11.9. The number of nitrogens with zero attached hydrogens (tertiary/aromatic N) is 2. The molecule has 2 rings (SSSR count). The molecule has 1 aliphatic rings. The number of anilines is 2. The highest BCUT2D eigenvalue weighted by molar-refractivity contribution is 5.54. The molecular weight excluding hydrogens is 222 g/mol. The Bertz CT molecular complexity index is 381. The monoisotopic (exact) mass is 247 g/mol. The predicted octanol–water partition coefficient (Wildman–Crippen LogP) is 3.53. The molecule has 0 aliphatic carbocycles. The zero-order chi connectivity index (χ0) is 13.0. The molecule has 18 heavy (non-hydrogen) atoms. The van der Waals surface area contributed by atoms with Crippen LogP contribution in [0.15, 0.2) is 18.3 Å². The van der Waals surface area contributed by atoms with Crippen LogP contribution >= 0.6 is 0 Å². The molecule has 0 atom stereocenters. The summed E-state index contributed by atoms with van der Waals surface area (Å²) in [7, 11) is 0. The van der Waals surface area contributed by atoms with Crippen LogP contribution in [0.1, 0.15) is 40.0 Å². The van der Waals surface area contributed by atoms with E-state index in [-0.39, 0.29) is 0 Å². The second kappa shape index (κ2) is 5.59. The second-order valence-corrected chi connectivity index (χ2v) is 5.58. The summed E-state index contributed by atoms with van der Waals surface area (Å²) in [6.07, 6.45) is 5.78. The van der Waals surface area contributed by atoms with Crippen molar-refractivity contribution in [3.8, 4) is 0 Å². The van der Waals surface area contributed by atoms with E-state index in [2.05, 4.69) is 48.1 Å². The molecule has 1 aliphatic heterocycles. The summed E-state index contributed by atoms with van der Waals surface area (Å²) in [6.45, 7) is 10.1. The van der Waals surface area contributed by atoms with Gasteiger partial charge in [0, 0.05) is 37.6 Å². The van der Waals surface area contributed by atoms with E-state index in [4.69, 9.17) is 0 Å². The van der Waals surface area contributed by atoms with Crippen LogP contribution in [0.5, 0.6) is 0 Å². The SMILES string of the molecule is CCNc1cc(N2CCC(C)(CC)CC2)ccn1. The lowest BCUT2D eigenvalue weighted by atomic mass is 9.78. The lowest BCUT2D eigenvalue weighted by molar-refractivity contribution is 0.238. The van der Waals surface area contributed by atoms with Gasteiger partial charge in [0.15, 0.2) is 0 Å². The van der Waals surface area contributed by atoms with Gasteiger partial charge >= 0.3 is 0 Å². The molecule has 0 aromatic carbocycles. The minimum atomic E-state index is 0.550. The second-order valence-electron chi connectivity index (χ2n) is 5.58. The van der Waals surface area contributed by atoms with Crippen molar-refractivity contribution in [1.82, 2.24) is 4.98 Å². The molecular formula is C15H25N3. The molecule has 1 aromatic rings. The van der Waals surface area contributed by atoms with Gasteiger partial charge in [-0.25, -0.2) is 4.98 Å². The van der Waals surface area contributed by atoms with Crippen molar-refractivity contribution in [1.29, 1.82) is 0 Å². The molecule has 0 bridgehead atoms. The van der Waals surface area contributed by atoms with Crippen molar-refractivity contribution in [2.24, 2.45) is 5.41 Å². The normalized spacial score (nSPS) is 18.7. The number of hydrogen-bond donors (Lipinski definition) is 1. The highest BCUT2D eigenvalue weighted by Gasteiger charge is 2.28. The Morgan fingerprint density at radius 1 is 1.33 bits per heavy atom. The number of rotatable bonds is 4. The van der Waals surface area contributed by atoms with Crippen molar-refractivity contribution < 1.29 is 0 Å². The first-order valence-corrected chi connectivity index (χ1v) is 7.12. The maximum Gasteiger partial charge on any atom is 0.127 e. The van der Waals surface area contributed by atoms with Gasteiger partial charge in [0.1, 0.15) is 5.82 Å². The first-order valence-electron chi connectivity index (χ1n) is 7.12. The smallest absolute Gasteiger partial charge is 0.127 e. The molecule has 0 spiro atoms. The summed E-state index contributed by atoms with van der Waals surface area (Å²) in [5.74, 6) is 0.985. The molecule has 1 aromatic heterocycles. The van der Waals surface area contributed by atoms with E-state index in [0.717, 1.165) is 12.4 Å². The first kappa shape index (κ1) is 13.2. The minimum Gasteiger partial charge on any atom is -0.371 e. The summed E-state index contributed by atoms with van der Waals surface area (Å²) >= 11 is 0. The molecule has 0 radical (unpaired) electrons. The topological polar surface area (TPSA) is 28.2 Å². The van der Waals surface area contributed by atoms with Crippen LogP contribution in [0.2, 0.25) is 0 Å². The third-order valence-corrected chi connectivity index (χ3v) is 4.29. The van der Waals surface area contributed by atoms with Gasteiger partial charge in [0.25, 0.3) is 0 Å². The van der Waals surface area contributed by atoms with Crippen molar-refractivity contribution in [2.45, 2.75) is 40.0 Å². The lowest BCUT2D eigenvalue weighted by Crippen LogP contribution is -2.38. The summed E-state index contributed by atoms with van der Waals surface area (Å²) in [4.78, 5) is 6.82. The highest BCUT2D eigenvalue weighted by Crippen LogP contribution is 2.35. The number of pyridine rings is 1. The van der Waals surface area contributed by atoms with Crippen molar-refractivity contribution in [3.63, 3.8) is 0 Å². The first-order chi connectivity index (χ1) is 8.67. The maximum atomic E-state index is 4.33. The van der Waals surface area contributed by atoms with Crippen LogP contribution in [-0.2, 0) is 0 Å². The Labute approximate surface area is 111 Å². The van der Waals surface area contributed by atoms with Crippen molar-refractivity contribution in [3.05, 3.63) is 18.3 Å². The fourth-order valence-corrected chi connectivity index (χ4v) is 2.55. The third kappa shape index (κ3) is 2.95. The summed E-state index contributed by atoms with van der Waals surface area (Å²) < 4.78 is 0. The van der Waals surface area contributed by atoms with Gasteiger partial charge in [-0.2, -0.15) is 0 Å². The van der Waals surface area contributed by atoms with Gasteiger partial charge in [-0.1, -0.05) is 20.3 Å². The van der Waals surface area contributed by atoms with E-state index < -0.39 is 0 Å².